The number of nitrogens with zero attached hydrogens (tertiary/aromatic N) is 3. The van der Waals surface area contributed by atoms with Gasteiger partial charge in [0, 0.05) is 53.3 Å². The van der Waals surface area contributed by atoms with Crippen LogP contribution >= 0.6 is 11.3 Å². The number of methoxy groups -OCH3 is 2. The van der Waals surface area contributed by atoms with Crippen molar-refractivity contribution in [3.63, 3.8) is 0 Å². The Hall–Kier alpha value is -3.60. The molecule has 8 nitrogen and oxygen atoms in total. The summed E-state index contributed by atoms with van der Waals surface area (Å²) in [5, 5.41) is 2.15. The van der Waals surface area contributed by atoms with E-state index in [0.29, 0.717) is 40.6 Å². The molecule has 6 rings (SSSR count). The lowest BCUT2D eigenvalue weighted by Gasteiger charge is -2.43. The summed E-state index contributed by atoms with van der Waals surface area (Å²) < 4.78 is 46.8. The largest absolute Gasteiger partial charge is 0.497 e. The van der Waals surface area contributed by atoms with Gasteiger partial charge in [0.05, 0.1) is 32.3 Å². The van der Waals surface area contributed by atoms with Crippen LogP contribution in [0.5, 0.6) is 17.2 Å². The van der Waals surface area contributed by atoms with E-state index in [2.05, 4.69) is 40.2 Å². The van der Waals surface area contributed by atoms with Crippen LogP contribution in [0.3, 0.4) is 0 Å². The van der Waals surface area contributed by atoms with Crippen LogP contribution in [0.4, 0.5) is 5.13 Å². The van der Waals surface area contributed by atoms with Crippen molar-refractivity contribution >= 4 is 26.5 Å². The highest BCUT2D eigenvalue weighted by Gasteiger charge is 2.36. The first-order valence-electron chi connectivity index (χ1n) is 14.2. The molecule has 10 heteroatoms. The van der Waals surface area contributed by atoms with E-state index in [0.717, 1.165) is 31.4 Å². The monoisotopic (exact) mass is 605 g/mol. The zero-order chi connectivity index (χ0) is 29.1. The van der Waals surface area contributed by atoms with Gasteiger partial charge in [-0.25, -0.2) is 17.7 Å². The number of thiazole rings is 1. The number of piperidine rings is 1. The van der Waals surface area contributed by atoms with Crippen molar-refractivity contribution in [3.05, 3.63) is 95.0 Å². The van der Waals surface area contributed by atoms with Gasteiger partial charge in [-0.3, -0.25) is 4.90 Å². The number of likely N-dealkylation sites (tertiary alicyclic amines) is 1. The number of hydrogen-bond acceptors (Lipinski definition) is 8. The fourth-order valence-corrected chi connectivity index (χ4v) is 8.36. The summed E-state index contributed by atoms with van der Waals surface area (Å²) in [4.78, 5) is 7.11. The predicted molar refractivity (Wildman–Crippen MR) is 164 cm³/mol. The Labute approximate surface area is 251 Å². The lowest BCUT2D eigenvalue weighted by atomic mass is 9.90. The van der Waals surface area contributed by atoms with Crippen molar-refractivity contribution in [1.29, 1.82) is 0 Å². The molecule has 0 amide bonds. The Morgan fingerprint density at radius 2 is 1.86 bits per heavy atom. The third-order valence-electron chi connectivity index (χ3n) is 8.15. The minimum atomic E-state index is -3.99. The number of hydrogen-bond donors (Lipinski definition) is 0. The van der Waals surface area contributed by atoms with Crippen LogP contribution in [0.1, 0.15) is 54.5 Å². The maximum atomic E-state index is 14.2. The third kappa shape index (κ3) is 5.58. The highest BCUT2D eigenvalue weighted by molar-refractivity contribution is 7.93. The molecule has 1 saturated heterocycles. The number of anilines is 1. The number of aromatic nitrogens is 1. The average Bonchev–Trinajstić information content (AvgIpc) is 3.58. The lowest BCUT2D eigenvalue weighted by Crippen LogP contribution is -2.39. The van der Waals surface area contributed by atoms with Crippen molar-refractivity contribution < 1.29 is 22.6 Å². The highest BCUT2D eigenvalue weighted by atomic mass is 32.2. The Bertz CT molecular complexity index is 1610. The SMILES string of the molecule is COc1ccc(CN(c2nccs2)S(=O)(=O)c2ccc3c(c2)OCCC3N2CCCCC2c2ccccc2)c(OC)c1. The number of fused-ring (bicyclic) bond motifs is 1. The molecule has 0 bridgehead atoms. The van der Waals surface area contributed by atoms with Crippen LogP contribution < -0.4 is 18.5 Å². The molecule has 3 aromatic carbocycles. The van der Waals surface area contributed by atoms with Gasteiger partial charge in [0.25, 0.3) is 10.0 Å². The molecule has 3 heterocycles. The van der Waals surface area contributed by atoms with Crippen molar-refractivity contribution in [1.82, 2.24) is 9.88 Å². The summed E-state index contributed by atoms with van der Waals surface area (Å²) in [6, 6.07) is 21.9. The van der Waals surface area contributed by atoms with Crippen LogP contribution in [0.2, 0.25) is 0 Å². The Balaban J connectivity index is 1.33. The van der Waals surface area contributed by atoms with Crippen LogP contribution in [-0.4, -0.2) is 45.7 Å². The maximum Gasteiger partial charge on any atom is 0.266 e. The van der Waals surface area contributed by atoms with Gasteiger partial charge in [0.15, 0.2) is 5.13 Å². The van der Waals surface area contributed by atoms with Gasteiger partial charge in [0.2, 0.25) is 0 Å². The number of rotatable bonds is 9. The maximum absolute atomic E-state index is 14.2. The highest BCUT2D eigenvalue weighted by Crippen LogP contribution is 2.44. The molecule has 2 aliphatic rings. The standard InChI is InChI=1S/C32H35N3O5S2/c1-38-25-12-11-24(30(20-25)39-2)22-35(32-33-16-19-41-32)42(36,37)26-13-14-27-29(15-18-40-31(27)21-26)34-17-7-6-10-28(34)23-8-4-3-5-9-23/h3-5,8-9,11-14,16,19-21,28-29H,6-7,10,15,17-18,22H2,1-2H3. The molecule has 0 N–H and O–H groups in total. The number of sulfonamides is 1. The van der Waals surface area contributed by atoms with E-state index in [1.807, 2.05) is 12.1 Å². The first kappa shape index (κ1) is 28.5. The molecule has 0 saturated carbocycles. The second kappa shape index (κ2) is 12.3. The first-order valence-corrected chi connectivity index (χ1v) is 16.5. The van der Waals surface area contributed by atoms with E-state index >= 15 is 0 Å². The molecule has 2 unspecified atom stereocenters. The minimum absolute atomic E-state index is 0.0517. The molecule has 4 aromatic rings. The molecule has 1 fully saturated rings. The summed E-state index contributed by atoms with van der Waals surface area (Å²) in [5.41, 5.74) is 3.07. The van der Waals surface area contributed by atoms with E-state index in [-0.39, 0.29) is 17.5 Å². The van der Waals surface area contributed by atoms with Crippen molar-refractivity contribution in [3.8, 4) is 17.2 Å². The molecule has 2 aliphatic heterocycles. The number of benzene rings is 3. The number of ether oxygens (including phenoxy) is 3. The van der Waals surface area contributed by atoms with Gasteiger partial charge in [-0.2, -0.15) is 0 Å². The third-order valence-corrected chi connectivity index (χ3v) is 10.8. The second-order valence-electron chi connectivity index (χ2n) is 10.5. The molecule has 0 aliphatic carbocycles. The Morgan fingerprint density at radius 1 is 1.00 bits per heavy atom. The van der Waals surface area contributed by atoms with Crippen molar-refractivity contribution in [2.24, 2.45) is 0 Å². The van der Waals surface area contributed by atoms with Gasteiger partial charge >= 0.3 is 0 Å². The normalized spacial score (nSPS) is 19.0. The molecular weight excluding hydrogens is 571 g/mol. The van der Waals surface area contributed by atoms with Crippen LogP contribution in [0.25, 0.3) is 0 Å². The van der Waals surface area contributed by atoms with Gasteiger partial charge in [-0.05, 0) is 43.1 Å². The molecule has 42 heavy (non-hydrogen) atoms. The smallest absolute Gasteiger partial charge is 0.266 e. The summed E-state index contributed by atoms with van der Waals surface area (Å²) in [7, 11) is -0.854. The zero-order valence-corrected chi connectivity index (χ0v) is 25.4. The van der Waals surface area contributed by atoms with Gasteiger partial charge in [-0.1, -0.05) is 42.8 Å². The zero-order valence-electron chi connectivity index (χ0n) is 23.8. The van der Waals surface area contributed by atoms with Crippen LogP contribution in [-0.2, 0) is 16.6 Å². The van der Waals surface area contributed by atoms with E-state index in [9.17, 15) is 8.42 Å². The van der Waals surface area contributed by atoms with E-state index in [1.165, 1.54) is 27.6 Å². The molecule has 220 valence electrons. The summed E-state index contributed by atoms with van der Waals surface area (Å²) in [6.07, 6.45) is 5.94. The predicted octanol–water partition coefficient (Wildman–Crippen LogP) is 6.61. The van der Waals surface area contributed by atoms with E-state index < -0.39 is 10.0 Å². The van der Waals surface area contributed by atoms with Crippen molar-refractivity contribution in [2.45, 2.75) is 49.2 Å². The Kier molecular flexibility index (Phi) is 8.37. The minimum Gasteiger partial charge on any atom is -0.497 e. The fraction of sp³-hybridized carbons (Fsp3) is 0.344. The van der Waals surface area contributed by atoms with Crippen LogP contribution in [0, 0.1) is 0 Å². The quantitative estimate of drug-likeness (QED) is 0.212. The van der Waals surface area contributed by atoms with Gasteiger partial charge in [0.1, 0.15) is 17.2 Å². The van der Waals surface area contributed by atoms with Crippen molar-refractivity contribution in [2.75, 3.05) is 31.7 Å². The summed E-state index contributed by atoms with van der Waals surface area (Å²) in [5.74, 6) is 1.80. The second-order valence-corrected chi connectivity index (χ2v) is 13.3. The summed E-state index contributed by atoms with van der Waals surface area (Å²) in [6.45, 7) is 1.60. The van der Waals surface area contributed by atoms with Crippen LogP contribution in [0.15, 0.2) is 83.2 Å². The fourth-order valence-electron chi connectivity index (χ4n) is 6.07. The molecule has 2 atom stereocenters. The molecule has 0 radical (unpaired) electrons. The van der Waals surface area contributed by atoms with E-state index in [4.69, 9.17) is 14.2 Å². The average molecular weight is 606 g/mol. The van der Waals surface area contributed by atoms with Gasteiger partial charge in [-0.15, -0.1) is 11.3 Å². The Morgan fingerprint density at radius 3 is 2.62 bits per heavy atom. The molecule has 1 aromatic heterocycles. The molecular formula is C32H35N3O5S2. The topological polar surface area (TPSA) is 81.2 Å². The van der Waals surface area contributed by atoms with Gasteiger partial charge < -0.3 is 14.2 Å². The molecule has 0 spiro atoms. The first-order chi connectivity index (χ1) is 20.5. The lowest BCUT2D eigenvalue weighted by molar-refractivity contribution is 0.0668. The summed E-state index contributed by atoms with van der Waals surface area (Å²) >= 11 is 1.27. The van der Waals surface area contributed by atoms with E-state index in [1.54, 1.807) is 50.1 Å².